The molecule has 1 aliphatic rings. The van der Waals surface area contributed by atoms with Crippen molar-refractivity contribution in [3.63, 3.8) is 0 Å². The van der Waals surface area contributed by atoms with Crippen LogP contribution >= 0.6 is 15.9 Å². The fourth-order valence-electron chi connectivity index (χ4n) is 4.28. The normalized spacial score (nSPS) is 13.2. The lowest BCUT2D eigenvalue weighted by Crippen LogP contribution is -2.36. The Bertz CT molecular complexity index is 1370. The molecule has 0 radical (unpaired) electrons. The molecule has 0 saturated carbocycles. The van der Waals surface area contributed by atoms with Gasteiger partial charge in [0, 0.05) is 29.1 Å². The van der Waals surface area contributed by atoms with Gasteiger partial charge in [0.15, 0.2) is 5.78 Å². The number of ether oxygens (including phenoxy) is 1. The molecule has 0 fully saturated rings. The minimum Gasteiger partial charge on any atom is -0.444 e. The Kier molecular flexibility index (Phi) is 7.64. The van der Waals surface area contributed by atoms with Gasteiger partial charge in [-0.3, -0.25) is 14.5 Å². The molecule has 0 aliphatic carbocycles. The number of hydrogen-bond acceptors (Lipinski definition) is 4. The molecular formula is C30H29BrN2O4. The molecule has 0 saturated heterocycles. The number of hydrogen-bond donors (Lipinski definition) is 1. The highest BCUT2D eigenvalue weighted by atomic mass is 79.9. The Morgan fingerprint density at radius 2 is 1.65 bits per heavy atom. The van der Waals surface area contributed by atoms with Crippen LogP contribution in [0.3, 0.4) is 0 Å². The molecule has 0 atom stereocenters. The molecule has 7 heteroatoms. The summed E-state index contributed by atoms with van der Waals surface area (Å²) in [6.45, 7) is 7.46. The predicted molar refractivity (Wildman–Crippen MR) is 147 cm³/mol. The summed E-state index contributed by atoms with van der Waals surface area (Å²) >= 11 is 3.55. The first-order valence-electron chi connectivity index (χ1n) is 12.0. The second kappa shape index (κ2) is 10.7. The molecule has 4 rings (SSSR count). The standard InChI is InChI=1S/C30H29BrN2O4/c1-19(34)27-26(21-8-6-5-7-9-21)25-16-24(31)15-14-23(25)18-33(27)28(35)22-12-10-20(11-13-22)17-32-29(36)37-30(2,3)4/h5-16H,17-18H2,1-4H3,(H,32,36). The van der Waals surface area contributed by atoms with Crippen LogP contribution in [0, 0.1) is 0 Å². The third kappa shape index (κ3) is 6.17. The smallest absolute Gasteiger partial charge is 0.407 e. The van der Waals surface area contributed by atoms with E-state index in [4.69, 9.17) is 4.74 Å². The first-order chi connectivity index (χ1) is 17.5. The van der Waals surface area contributed by atoms with Gasteiger partial charge in [-0.05, 0) is 67.3 Å². The average molecular weight is 561 g/mol. The number of carbonyl (C=O) groups excluding carboxylic acids is 3. The number of nitrogens with zero attached hydrogens (tertiary/aromatic N) is 1. The average Bonchev–Trinajstić information content (AvgIpc) is 2.85. The Labute approximate surface area is 225 Å². The van der Waals surface area contributed by atoms with E-state index in [2.05, 4.69) is 21.2 Å². The van der Waals surface area contributed by atoms with Crippen LogP contribution in [0.4, 0.5) is 4.79 Å². The summed E-state index contributed by atoms with van der Waals surface area (Å²) < 4.78 is 6.17. The van der Waals surface area contributed by atoms with Crippen molar-refractivity contribution in [3.8, 4) is 0 Å². The number of fused-ring (bicyclic) bond motifs is 1. The molecule has 1 heterocycles. The van der Waals surface area contributed by atoms with Crippen molar-refractivity contribution in [2.24, 2.45) is 0 Å². The van der Waals surface area contributed by atoms with Crippen molar-refractivity contribution in [2.45, 2.75) is 46.4 Å². The number of halogens is 1. The summed E-state index contributed by atoms with van der Waals surface area (Å²) in [5.74, 6) is -0.449. The van der Waals surface area contributed by atoms with Crippen LogP contribution in [0.25, 0.3) is 5.57 Å². The number of benzene rings is 3. The maximum Gasteiger partial charge on any atom is 0.407 e. The Morgan fingerprint density at radius 1 is 0.973 bits per heavy atom. The van der Waals surface area contributed by atoms with E-state index in [1.165, 1.54) is 6.92 Å². The monoisotopic (exact) mass is 560 g/mol. The van der Waals surface area contributed by atoms with Gasteiger partial charge in [0.2, 0.25) is 0 Å². The minimum atomic E-state index is -0.579. The third-order valence-corrected chi connectivity index (χ3v) is 6.35. The number of carbonyl (C=O) groups is 3. The van der Waals surface area contributed by atoms with Crippen molar-refractivity contribution in [1.29, 1.82) is 0 Å². The van der Waals surface area contributed by atoms with Gasteiger partial charge in [0.1, 0.15) is 5.60 Å². The van der Waals surface area contributed by atoms with E-state index in [0.717, 1.165) is 32.3 Å². The second-order valence-electron chi connectivity index (χ2n) is 9.89. The second-order valence-corrected chi connectivity index (χ2v) is 10.8. The maximum absolute atomic E-state index is 13.7. The van der Waals surface area contributed by atoms with Gasteiger partial charge in [-0.2, -0.15) is 0 Å². The van der Waals surface area contributed by atoms with E-state index in [1.54, 1.807) is 49.9 Å². The Hall–Kier alpha value is -3.71. The number of rotatable bonds is 5. The molecule has 6 nitrogen and oxygen atoms in total. The van der Waals surface area contributed by atoms with Crippen LogP contribution in [0.2, 0.25) is 0 Å². The summed E-state index contributed by atoms with van der Waals surface area (Å²) in [6, 6.07) is 22.6. The topological polar surface area (TPSA) is 75.7 Å². The Balaban J connectivity index is 1.65. The van der Waals surface area contributed by atoms with Crippen molar-refractivity contribution in [1.82, 2.24) is 10.2 Å². The first-order valence-corrected chi connectivity index (χ1v) is 12.8. The lowest BCUT2D eigenvalue weighted by Gasteiger charge is -2.33. The van der Waals surface area contributed by atoms with Gasteiger partial charge in [0.25, 0.3) is 5.91 Å². The molecule has 1 N–H and O–H groups in total. The van der Waals surface area contributed by atoms with Gasteiger partial charge in [-0.1, -0.05) is 64.5 Å². The van der Waals surface area contributed by atoms with Gasteiger partial charge in [-0.15, -0.1) is 0 Å². The molecule has 0 bridgehead atoms. The summed E-state index contributed by atoms with van der Waals surface area (Å²) in [4.78, 5) is 40.3. The highest BCUT2D eigenvalue weighted by Gasteiger charge is 2.32. The maximum atomic E-state index is 13.7. The fraction of sp³-hybridized carbons (Fsp3) is 0.233. The van der Waals surface area contributed by atoms with Crippen LogP contribution in [0.1, 0.15) is 60.3 Å². The van der Waals surface area contributed by atoms with Crippen molar-refractivity contribution in [3.05, 3.63) is 111 Å². The zero-order chi connectivity index (χ0) is 26.7. The number of alkyl carbamates (subject to hydrolysis) is 1. The quantitative estimate of drug-likeness (QED) is 0.387. The number of ketones is 1. The SMILES string of the molecule is CC(=O)C1=C(c2ccccc2)c2cc(Br)ccc2CN1C(=O)c1ccc(CNC(=O)OC(C)(C)C)cc1. The van der Waals surface area contributed by atoms with Crippen LogP contribution in [0.5, 0.6) is 0 Å². The number of Topliss-reactive ketones (excluding diaryl/α,β-unsaturated/α-hetero) is 1. The highest BCUT2D eigenvalue weighted by Crippen LogP contribution is 2.38. The van der Waals surface area contributed by atoms with Crippen LogP contribution in [0.15, 0.2) is 83.0 Å². The van der Waals surface area contributed by atoms with Crippen LogP contribution in [-0.2, 0) is 22.6 Å². The third-order valence-electron chi connectivity index (χ3n) is 5.85. The molecule has 1 aliphatic heterocycles. The highest BCUT2D eigenvalue weighted by molar-refractivity contribution is 9.10. The molecule has 3 aromatic rings. The fourth-order valence-corrected chi connectivity index (χ4v) is 4.64. The molecule has 190 valence electrons. The van der Waals surface area contributed by atoms with Gasteiger partial charge >= 0.3 is 6.09 Å². The number of nitrogens with one attached hydrogen (secondary N) is 1. The van der Waals surface area contributed by atoms with Crippen molar-refractivity contribution < 1.29 is 19.1 Å². The van der Waals surface area contributed by atoms with E-state index in [1.807, 2.05) is 48.5 Å². The first kappa shape index (κ1) is 26.4. The summed E-state index contributed by atoms with van der Waals surface area (Å²) in [7, 11) is 0. The Morgan fingerprint density at radius 3 is 2.27 bits per heavy atom. The van der Waals surface area contributed by atoms with Gasteiger partial charge in [0.05, 0.1) is 12.2 Å². The summed E-state index contributed by atoms with van der Waals surface area (Å²) in [5.41, 5.74) is 4.56. The molecule has 0 spiro atoms. The molecular weight excluding hydrogens is 532 g/mol. The van der Waals surface area contributed by atoms with Crippen molar-refractivity contribution >= 4 is 39.3 Å². The zero-order valence-electron chi connectivity index (χ0n) is 21.3. The van der Waals surface area contributed by atoms with Crippen LogP contribution < -0.4 is 5.32 Å². The van der Waals surface area contributed by atoms with E-state index in [-0.39, 0.29) is 24.8 Å². The van der Waals surface area contributed by atoms with E-state index < -0.39 is 11.7 Å². The largest absolute Gasteiger partial charge is 0.444 e. The number of allylic oxidation sites excluding steroid dienone is 1. The summed E-state index contributed by atoms with van der Waals surface area (Å²) in [6.07, 6.45) is -0.504. The molecule has 3 aromatic carbocycles. The lowest BCUT2D eigenvalue weighted by molar-refractivity contribution is -0.114. The lowest BCUT2D eigenvalue weighted by atomic mass is 9.87. The van der Waals surface area contributed by atoms with Gasteiger partial charge < -0.3 is 10.1 Å². The van der Waals surface area contributed by atoms with Crippen molar-refractivity contribution in [2.75, 3.05) is 0 Å². The molecule has 0 aromatic heterocycles. The zero-order valence-corrected chi connectivity index (χ0v) is 22.9. The number of amides is 2. The molecule has 2 amide bonds. The van der Waals surface area contributed by atoms with E-state index >= 15 is 0 Å². The molecule has 0 unspecified atom stereocenters. The predicted octanol–water partition coefficient (Wildman–Crippen LogP) is 6.48. The molecule has 37 heavy (non-hydrogen) atoms. The van der Waals surface area contributed by atoms with E-state index in [0.29, 0.717) is 11.3 Å². The van der Waals surface area contributed by atoms with E-state index in [9.17, 15) is 14.4 Å². The van der Waals surface area contributed by atoms with Crippen LogP contribution in [-0.4, -0.2) is 28.3 Å². The van der Waals surface area contributed by atoms with Gasteiger partial charge in [-0.25, -0.2) is 4.79 Å². The minimum absolute atomic E-state index is 0.184. The summed E-state index contributed by atoms with van der Waals surface area (Å²) in [5, 5.41) is 2.72.